The number of rotatable bonds is 6. The molecule has 0 unspecified atom stereocenters. The highest BCUT2D eigenvalue weighted by atomic mass is 32.1. The second-order valence-electron chi connectivity index (χ2n) is 4.87. The fraction of sp³-hybridized carbons (Fsp3) is 0.250. The number of carbonyl (C=O) groups is 1. The molecule has 1 heterocycles. The number of amides is 1. The normalized spacial score (nSPS) is 10.2. The van der Waals surface area contributed by atoms with Crippen molar-refractivity contribution in [3.63, 3.8) is 0 Å². The van der Waals surface area contributed by atoms with Crippen LogP contribution in [0.2, 0.25) is 0 Å². The Balaban J connectivity index is 2.11. The largest absolute Gasteiger partial charge is 0.299 e. The molecule has 2 N–H and O–H groups in total. The van der Waals surface area contributed by atoms with Crippen LogP contribution >= 0.6 is 12.2 Å². The van der Waals surface area contributed by atoms with Gasteiger partial charge in [-0.3, -0.25) is 35.7 Å². The lowest BCUT2D eigenvalue weighted by Gasteiger charge is -2.06. The van der Waals surface area contributed by atoms with Crippen LogP contribution in [0, 0.1) is 20.2 Å². The van der Waals surface area contributed by atoms with Gasteiger partial charge in [-0.2, -0.15) is 4.80 Å². The Hall–Kier alpha value is -3.55. The van der Waals surface area contributed by atoms with Gasteiger partial charge in [-0.25, -0.2) is 0 Å². The third-order valence-electron chi connectivity index (χ3n) is 2.92. The fourth-order valence-corrected chi connectivity index (χ4v) is 2.02. The highest BCUT2D eigenvalue weighted by Crippen LogP contribution is 2.22. The predicted octanol–water partition coefficient (Wildman–Crippen LogP) is 1.03. The van der Waals surface area contributed by atoms with Crippen molar-refractivity contribution in [2.45, 2.75) is 19.9 Å². The van der Waals surface area contributed by atoms with E-state index in [0.29, 0.717) is 6.54 Å². The maximum absolute atomic E-state index is 12.2. The van der Waals surface area contributed by atoms with E-state index in [2.05, 4.69) is 26.0 Å². The molecule has 14 heteroatoms. The van der Waals surface area contributed by atoms with E-state index in [4.69, 9.17) is 12.2 Å². The summed E-state index contributed by atoms with van der Waals surface area (Å²) in [6.07, 6.45) is 0.794. The minimum Gasteiger partial charge on any atom is -0.299 e. The number of hydrogen-bond donors (Lipinski definition) is 2. The number of nitrogens with zero attached hydrogens (tertiary/aromatic N) is 6. The van der Waals surface area contributed by atoms with Gasteiger partial charge in [0.1, 0.15) is 0 Å². The number of nitrogens with one attached hydrogen (secondary N) is 2. The molecule has 0 aliphatic carbocycles. The van der Waals surface area contributed by atoms with Gasteiger partial charge in [0.25, 0.3) is 23.2 Å². The van der Waals surface area contributed by atoms with Gasteiger partial charge in [0.05, 0.1) is 28.0 Å². The molecular formula is C12H12N8O5S. The van der Waals surface area contributed by atoms with Crippen LogP contribution in [0.15, 0.2) is 18.2 Å². The van der Waals surface area contributed by atoms with Crippen molar-refractivity contribution < 1.29 is 14.6 Å². The highest BCUT2D eigenvalue weighted by Gasteiger charge is 2.20. The Morgan fingerprint density at radius 1 is 1.23 bits per heavy atom. The number of tetrazole rings is 1. The van der Waals surface area contributed by atoms with Gasteiger partial charge in [-0.05, 0) is 23.9 Å². The number of aryl methyl sites for hydroxylation is 1. The molecule has 0 saturated heterocycles. The Labute approximate surface area is 150 Å². The predicted molar refractivity (Wildman–Crippen MR) is 91.5 cm³/mol. The molecule has 1 aromatic heterocycles. The van der Waals surface area contributed by atoms with Crippen molar-refractivity contribution in [3.05, 3.63) is 44.0 Å². The molecular weight excluding hydrogens is 368 g/mol. The molecule has 1 aromatic carbocycles. The zero-order chi connectivity index (χ0) is 19.3. The summed E-state index contributed by atoms with van der Waals surface area (Å²) >= 11 is 4.93. The maximum Gasteiger partial charge on any atom is 0.277 e. The van der Waals surface area contributed by atoms with Gasteiger partial charge in [0.15, 0.2) is 5.11 Å². The number of carbonyl (C=O) groups excluding carboxylic acids is 1. The number of benzene rings is 1. The van der Waals surface area contributed by atoms with Crippen LogP contribution < -0.4 is 10.6 Å². The van der Waals surface area contributed by atoms with Crippen LogP contribution in [-0.4, -0.2) is 41.1 Å². The van der Waals surface area contributed by atoms with Gasteiger partial charge in [0, 0.05) is 12.1 Å². The number of non-ortho nitro benzene ring substituents is 2. The molecule has 0 atom stereocenters. The smallest absolute Gasteiger partial charge is 0.277 e. The zero-order valence-corrected chi connectivity index (χ0v) is 14.1. The number of nitro groups is 2. The van der Waals surface area contributed by atoms with Gasteiger partial charge < -0.3 is 0 Å². The standard InChI is InChI=1S/C12H12N8O5S/c1-2-3-18-16-11(15-17-18)14-12(26)13-10(21)7-4-8(19(22)23)6-9(5-7)20(24)25/h4-6H,2-3H2,1H3,(H2,13,14,16,21,26). The van der Waals surface area contributed by atoms with E-state index in [1.165, 1.54) is 4.80 Å². The van der Waals surface area contributed by atoms with Crippen molar-refractivity contribution in [1.29, 1.82) is 0 Å². The van der Waals surface area contributed by atoms with Crippen LogP contribution in [0.4, 0.5) is 17.3 Å². The Bertz CT molecular complexity index is 850. The van der Waals surface area contributed by atoms with Gasteiger partial charge in [-0.1, -0.05) is 12.0 Å². The van der Waals surface area contributed by atoms with Crippen LogP contribution in [0.3, 0.4) is 0 Å². The Morgan fingerprint density at radius 2 is 1.85 bits per heavy atom. The summed E-state index contributed by atoms with van der Waals surface area (Å²) in [4.78, 5) is 33.5. The molecule has 0 radical (unpaired) electrons. The van der Waals surface area contributed by atoms with Crippen molar-refractivity contribution in [1.82, 2.24) is 25.5 Å². The van der Waals surface area contributed by atoms with Crippen molar-refractivity contribution >= 4 is 40.6 Å². The molecule has 2 rings (SSSR count). The van der Waals surface area contributed by atoms with E-state index < -0.39 is 27.1 Å². The topological polar surface area (TPSA) is 171 Å². The summed E-state index contributed by atoms with van der Waals surface area (Å²) in [5, 5.41) is 37.7. The lowest BCUT2D eigenvalue weighted by molar-refractivity contribution is -0.394. The molecule has 136 valence electrons. The minimum absolute atomic E-state index is 0.0498. The first-order chi connectivity index (χ1) is 12.3. The first kappa shape index (κ1) is 18.8. The van der Waals surface area contributed by atoms with E-state index in [-0.39, 0.29) is 16.6 Å². The quantitative estimate of drug-likeness (QED) is 0.419. The van der Waals surface area contributed by atoms with E-state index in [9.17, 15) is 25.0 Å². The first-order valence-electron chi connectivity index (χ1n) is 7.14. The van der Waals surface area contributed by atoms with Crippen LogP contribution in [-0.2, 0) is 6.54 Å². The molecule has 0 fully saturated rings. The molecule has 0 bridgehead atoms. The van der Waals surface area contributed by atoms with E-state index >= 15 is 0 Å². The molecule has 0 aliphatic heterocycles. The number of hydrogen-bond acceptors (Lipinski definition) is 9. The SMILES string of the molecule is CCCn1nnc(NC(=S)NC(=O)c2cc([N+](=O)[O-])cc([N+](=O)[O-])c2)n1. The van der Waals surface area contributed by atoms with Gasteiger partial charge in [-0.15, -0.1) is 5.10 Å². The van der Waals surface area contributed by atoms with E-state index in [0.717, 1.165) is 24.6 Å². The number of thiocarbonyl (C=S) groups is 1. The summed E-state index contributed by atoms with van der Waals surface area (Å²) < 4.78 is 0. The average Bonchev–Trinajstić information content (AvgIpc) is 3.01. The molecule has 0 spiro atoms. The first-order valence-corrected chi connectivity index (χ1v) is 7.55. The van der Waals surface area contributed by atoms with Gasteiger partial charge in [0.2, 0.25) is 0 Å². The Morgan fingerprint density at radius 3 is 2.38 bits per heavy atom. The fourth-order valence-electron chi connectivity index (χ4n) is 1.83. The third-order valence-corrected chi connectivity index (χ3v) is 3.12. The number of aromatic nitrogens is 4. The molecule has 13 nitrogen and oxygen atoms in total. The van der Waals surface area contributed by atoms with Crippen LogP contribution in [0.1, 0.15) is 23.7 Å². The molecule has 1 amide bonds. The van der Waals surface area contributed by atoms with Crippen LogP contribution in [0.25, 0.3) is 0 Å². The molecule has 26 heavy (non-hydrogen) atoms. The second-order valence-corrected chi connectivity index (χ2v) is 5.28. The van der Waals surface area contributed by atoms with Gasteiger partial charge >= 0.3 is 0 Å². The highest BCUT2D eigenvalue weighted by molar-refractivity contribution is 7.80. The summed E-state index contributed by atoms with van der Waals surface area (Å²) in [5.41, 5.74) is -1.47. The summed E-state index contributed by atoms with van der Waals surface area (Å²) in [6, 6.07) is 2.56. The summed E-state index contributed by atoms with van der Waals surface area (Å²) in [5.74, 6) is -0.816. The van der Waals surface area contributed by atoms with Crippen molar-refractivity contribution in [3.8, 4) is 0 Å². The monoisotopic (exact) mass is 380 g/mol. The Kier molecular flexibility index (Phi) is 5.79. The molecule has 0 aliphatic rings. The van der Waals surface area contributed by atoms with Crippen molar-refractivity contribution in [2.75, 3.05) is 5.32 Å². The number of anilines is 1. The van der Waals surface area contributed by atoms with Crippen LogP contribution in [0.5, 0.6) is 0 Å². The summed E-state index contributed by atoms with van der Waals surface area (Å²) in [7, 11) is 0. The van der Waals surface area contributed by atoms with Crippen molar-refractivity contribution in [2.24, 2.45) is 0 Å². The third kappa shape index (κ3) is 4.73. The lowest BCUT2D eigenvalue weighted by Crippen LogP contribution is -2.34. The number of nitro benzene ring substituents is 2. The lowest BCUT2D eigenvalue weighted by atomic mass is 10.1. The maximum atomic E-state index is 12.2. The van der Waals surface area contributed by atoms with E-state index in [1.54, 1.807) is 0 Å². The minimum atomic E-state index is -0.866. The molecule has 2 aromatic rings. The zero-order valence-electron chi connectivity index (χ0n) is 13.3. The average molecular weight is 380 g/mol. The second kappa shape index (κ2) is 8.02. The van der Waals surface area contributed by atoms with E-state index in [1.807, 2.05) is 6.92 Å². The summed E-state index contributed by atoms with van der Waals surface area (Å²) in [6.45, 7) is 2.48. The molecule has 0 saturated carbocycles.